The van der Waals surface area contributed by atoms with E-state index in [1.807, 2.05) is 19.2 Å². The molecule has 1 aromatic heterocycles. The van der Waals surface area contributed by atoms with Crippen molar-refractivity contribution in [2.75, 3.05) is 58.3 Å². The highest BCUT2D eigenvalue weighted by molar-refractivity contribution is 7.09. The number of rotatable bonds is 7. The van der Waals surface area contributed by atoms with E-state index >= 15 is 0 Å². The van der Waals surface area contributed by atoms with Crippen molar-refractivity contribution in [1.82, 2.24) is 24.5 Å². The summed E-state index contributed by atoms with van der Waals surface area (Å²) in [7, 11) is 3.90. The van der Waals surface area contributed by atoms with Gasteiger partial charge in [-0.1, -0.05) is 19.1 Å². The van der Waals surface area contributed by atoms with Crippen molar-refractivity contribution in [3.63, 3.8) is 0 Å². The van der Waals surface area contributed by atoms with E-state index in [9.17, 15) is 4.39 Å². The third-order valence-electron chi connectivity index (χ3n) is 4.98. The van der Waals surface area contributed by atoms with Crippen LogP contribution >= 0.6 is 11.5 Å². The molecule has 0 amide bonds. The van der Waals surface area contributed by atoms with E-state index in [0.717, 1.165) is 74.7 Å². The van der Waals surface area contributed by atoms with Gasteiger partial charge in [-0.15, -0.1) is 0 Å². The molecule has 1 fully saturated rings. The average Bonchev–Trinajstić information content (AvgIpc) is 3.22. The predicted molar refractivity (Wildman–Crippen MR) is 117 cm³/mol. The molecule has 7 nitrogen and oxygen atoms in total. The van der Waals surface area contributed by atoms with Crippen molar-refractivity contribution in [2.24, 2.45) is 4.99 Å². The molecule has 2 heterocycles. The number of nitrogens with one attached hydrogen (secondary N) is 1. The highest BCUT2D eigenvalue weighted by Crippen LogP contribution is 2.19. The van der Waals surface area contributed by atoms with E-state index in [0.29, 0.717) is 0 Å². The molecule has 0 atom stereocenters. The Morgan fingerprint density at radius 2 is 1.97 bits per heavy atom. The fourth-order valence-corrected chi connectivity index (χ4v) is 4.10. The molecule has 0 unspecified atom stereocenters. The predicted octanol–water partition coefficient (Wildman–Crippen LogP) is 2.07. The van der Waals surface area contributed by atoms with Gasteiger partial charge in [0.15, 0.2) is 5.96 Å². The van der Waals surface area contributed by atoms with Crippen molar-refractivity contribution < 1.29 is 4.39 Å². The summed E-state index contributed by atoms with van der Waals surface area (Å²) in [4.78, 5) is 15.8. The topological polar surface area (TPSA) is 59.9 Å². The van der Waals surface area contributed by atoms with E-state index in [-0.39, 0.29) is 5.82 Å². The number of hydrogen-bond donors (Lipinski definition) is 1. The quantitative estimate of drug-likeness (QED) is 0.548. The zero-order chi connectivity index (χ0) is 20.6. The molecule has 1 aliphatic rings. The minimum Gasteiger partial charge on any atom is -0.355 e. The molecule has 0 spiro atoms. The zero-order valence-electron chi connectivity index (χ0n) is 17.4. The Morgan fingerprint density at radius 3 is 2.59 bits per heavy atom. The smallest absolute Gasteiger partial charge is 0.205 e. The van der Waals surface area contributed by atoms with E-state index in [2.05, 4.69) is 48.3 Å². The van der Waals surface area contributed by atoms with Crippen LogP contribution in [0.15, 0.2) is 29.3 Å². The number of hydrogen-bond acceptors (Lipinski definition) is 6. The monoisotopic (exact) mass is 419 g/mol. The number of aliphatic imine (C=N–C) groups is 1. The molecule has 29 heavy (non-hydrogen) atoms. The van der Waals surface area contributed by atoms with Crippen molar-refractivity contribution in [1.29, 1.82) is 0 Å². The minimum absolute atomic E-state index is 0.195. The molecule has 0 bridgehead atoms. The third-order valence-corrected chi connectivity index (χ3v) is 5.79. The molecule has 0 saturated carbocycles. The number of halogens is 1. The molecule has 0 radical (unpaired) electrons. The lowest BCUT2D eigenvalue weighted by molar-refractivity contribution is 0.324. The zero-order valence-corrected chi connectivity index (χ0v) is 18.3. The van der Waals surface area contributed by atoms with E-state index in [4.69, 9.17) is 0 Å². The second-order valence-electron chi connectivity index (χ2n) is 7.16. The summed E-state index contributed by atoms with van der Waals surface area (Å²) >= 11 is 1.49. The number of piperazine rings is 1. The Bertz CT molecular complexity index is 784. The second-order valence-corrected chi connectivity index (χ2v) is 7.89. The fourth-order valence-electron chi connectivity index (χ4n) is 3.30. The van der Waals surface area contributed by atoms with Crippen molar-refractivity contribution in [2.45, 2.75) is 19.9 Å². The van der Waals surface area contributed by atoms with Gasteiger partial charge in [-0.05, 0) is 24.7 Å². The van der Waals surface area contributed by atoms with Crippen LogP contribution in [0.1, 0.15) is 18.3 Å². The lowest BCUT2D eigenvalue weighted by Gasteiger charge is -2.36. The van der Waals surface area contributed by atoms with Crippen LogP contribution in [0.5, 0.6) is 0 Å². The van der Waals surface area contributed by atoms with E-state index in [1.54, 1.807) is 0 Å². The standard InChI is InChI=1S/C20H30FN7S/c1-4-18-24-20(29-25-18)28-13-11-27(12-14-28)19(22-2)23-9-10-26(3)15-16-5-7-17(21)8-6-16/h5-8H,4,9-15H2,1-3H3,(H,22,23). The molecule has 158 valence electrons. The van der Waals surface area contributed by atoms with Crippen LogP contribution in [0.25, 0.3) is 0 Å². The minimum atomic E-state index is -0.195. The van der Waals surface area contributed by atoms with Gasteiger partial charge in [0.1, 0.15) is 11.6 Å². The van der Waals surface area contributed by atoms with E-state index in [1.165, 1.54) is 23.7 Å². The Labute approximate surface area is 176 Å². The Hall–Kier alpha value is -2.26. The van der Waals surface area contributed by atoms with Gasteiger partial charge in [0, 0.05) is 70.8 Å². The van der Waals surface area contributed by atoms with Gasteiger partial charge in [0.25, 0.3) is 0 Å². The van der Waals surface area contributed by atoms with Crippen LogP contribution in [0.3, 0.4) is 0 Å². The number of likely N-dealkylation sites (N-methyl/N-ethyl adjacent to an activating group) is 1. The third kappa shape index (κ3) is 6.11. The molecular weight excluding hydrogens is 389 g/mol. The van der Waals surface area contributed by atoms with Crippen molar-refractivity contribution in [3.8, 4) is 0 Å². The van der Waals surface area contributed by atoms with Crippen molar-refractivity contribution in [3.05, 3.63) is 41.5 Å². The number of nitrogens with zero attached hydrogens (tertiary/aromatic N) is 6. The van der Waals surface area contributed by atoms with Crippen LogP contribution in [-0.2, 0) is 13.0 Å². The highest BCUT2D eigenvalue weighted by atomic mass is 32.1. The molecule has 2 aromatic rings. The molecular formula is C20H30FN7S. The molecule has 1 aliphatic heterocycles. The van der Waals surface area contributed by atoms with Gasteiger partial charge in [0.2, 0.25) is 5.13 Å². The average molecular weight is 420 g/mol. The summed E-state index contributed by atoms with van der Waals surface area (Å²) in [5.41, 5.74) is 1.11. The number of guanidine groups is 1. The van der Waals surface area contributed by atoms with Gasteiger partial charge in [-0.2, -0.15) is 4.37 Å². The lowest BCUT2D eigenvalue weighted by Crippen LogP contribution is -2.53. The molecule has 9 heteroatoms. The van der Waals surface area contributed by atoms with Crippen molar-refractivity contribution >= 4 is 22.6 Å². The maximum atomic E-state index is 13.0. The Balaban J connectivity index is 1.40. The Kier molecular flexibility index (Phi) is 7.76. The van der Waals surface area contributed by atoms with Gasteiger partial charge in [-0.3, -0.25) is 4.99 Å². The van der Waals surface area contributed by atoms with Crippen LogP contribution in [0.2, 0.25) is 0 Å². The summed E-state index contributed by atoms with van der Waals surface area (Å²) < 4.78 is 17.4. The largest absolute Gasteiger partial charge is 0.355 e. The number of aryl methyl sites for hydroxylation is 1. The fraction of sp³-hybridized carbons (Fsp3) is 0.550. The lowest BCUT2D eigenvalue weighted by atomic mass is 10.2. The first-order valence-corrected chi connectivity index (χ1v) is 10.8. The van der Waals surface area contributed by atoms with E-state index < -0.39 is 0 Å². The summed E-state index contributed by atoms with van der Waals surface area (Å²) in [6.07, 6.45) is 0.878. The van der Waals surface area contributed by atoms with Gasteiger partial charge in [0.05, 0.1) is 0 Å². The van der Waals surface area contributed by atoms with Crippen LogP contribution in [0.4, 0.5) is 9.52 Å². The maximum Gasteiger partial charge on any atom is 0.205 e. The normalized spacial score (nSPS) is 15.3. The van der Waals surface area contributed by atoms with Gasteiger partial charge >= 0.3 is 0 Å². The number of aromatic nitrogens is 2. The molecule has 1 saturated heterocycles. The highest BCUT2D eigenvalue weighted by Gasteiger charge is 2.21. The first-order chi connectivity index (χ1) is 14.1. The summed E-state index contributed by atoms with van der Waals surface area (Å²) in [5.74, 6) is 1.67. The molecule has 1 aromatic carbocycles. The van der Waals surface area contributed by atoms with Crippen LogP contribution in [-0.4, -0.2) is 78.5 Å². The van der Waals surface area contributed by atoms with Gasteiger partial charge in [-0.25, -0.2) is 9.37 Å². The SMILES string of the molecule is CCc1nsc(N2CCN(C(=NC)NCCN(C)Cc3ccc(F)cc3)CC2)n1. The molecule has 1 N–H and O–H groups in total. The molecule has 0 aliphatic carbocycles. The number of benzene rings is 1. The maximum absolute atomic E-state index is 13.0. The Morgan fingerprint density at radius 1 is 1.24 bits per heavy atom. The first-order valence-electron chi connectivity index (χ1n) is 10.0. The van der Waals surface area contributed by atoms with Gasteiger partial charge < -0.3 is 20.0 Å². The first kappa shape index (κ1) is 21.4. The summed E-state index contributed by atoms with van der Waals surface area (Å²) in [6.45, 7) is 8.21. The second kappa shape index (κ2) is 10.5. The molecule has 3 rings (SSSR count). The van der Waals surface area contributed by atoms with Crippen LogP contribution in [0, 0.1) is 5.82 Å². The van der Waals surface area contributed by atoms with Crippen LogP contribution < -0.4 is 10.2 Å². The number of anilines is 1. The summed E-state index contributed by atoms with van der Waals surface area (Å²) in [6, 6.07) is 6.68. The summed E-state index contributed by atoms with van der Waals surface area (Å²) in [5, 5.41) is 4.48.